The van der Waals surface area contributed by atoms with E-state index in [-0.39, 0.29) is 11.8 Å². The Kier molecular flexibility index (Phi) is 8.13. The van der Waals surface area contributed by atoms with E-state index in [2.05, 4.69) is 6.58 Å². The number of esters is 1. The third kappa shape index (κ3) is 6.55. The number of ether oxygens (including phenoxy) is 2. The molecule has 0 aliphatic rings. The minimum Gasteiger partial charge on any atom is -0.494 e. The van der Waals surface area contributed by atoms with Crippen LogP contribution in [0.1, 0.15) is 41.6 Å². The highest BCUT2D eigenvalue weighted by atomic mass is 16.5. The molecule has 0 aliphatic carbocycles. The Morgan fingerprint density at radius 2 is 1.42 bits per heavy atom. The average Bonchev–Trinajstić information content (AvgIpc) is 2.70. The first kappa shape index (κ1) is 19.4. The number of carbonyl (C=O) groups excluding carboxylic acids is 2. The van der Waals surface area contributed by atoms with E-state index in [4.69, 9.17) is 9.47 Å². The topological polar surface area (TPSA) is 52.6 Å². The minimum atomic E-state index is -0.373. The summed E-state index contributed by atoms with van der Waals surface area (Å²) in [5, 5.41) is 0. The average molecular weight is 352 g/mol. The van der Waals surface area contributed by atoms with Gasteiger partial charge >= 0.3 is 5.97 Å². The summed E-state index contributed by atoms with van der Waals surface area (Å²) in [7, 11) is 0. The van der Waals surface area contributed by atoms with Crippen LogP contribution < -0.4 is 4.74 Å². The van der Waals surface area contributed by atoms with Crippen LogP contribution >= 0.6 is 0 Å². The summed E-state index contributed by atoms with van der Waals surface area (Å²) >= 11 is 0. The molecule has 0 radical (unpaired) electrons. The molecule has 0 atom stereocenters. The van der Waals surface area contributed by atoms with Crippen molar-refractivity contribution in [3.8, 4) is 5.75 Å². The van der Waals surface area contributed by atoms with Crippen molar-refractivity contribution >= 4 is 11.8 Å². The lowest BCUT2D eigenvalue weighted by Gasteiger charge is -2.07. The Morgan fingerprint density at radius 3 is 2.08 bits per heavy atom. The van der Waals surface area contributed by atoms with E-state index >= 15 is 0 Å². The van der Waals surface area contributed by atoms with Gasteiger partial charge in [0.25, 0.3) is 0 Å². The molecule has 0 amide bonds. The number of hydrogen-bond donors (Lipinski definition) is 0. The molecular formula is C22H24O4. The Balaban J connectivity index is 1.64. The minimum absolute atomic E-state index is 0.00862. The lowest BCUT2D eigenvalue weighted by Crippen LogP contribution is -2.03. The Bertz CT molecular complexity index is 705. The van der Waals surface area contributed by atoms with Crippen LogP contribution in [0.2, 0.25) is 0 Å². The predicted octanol–water partition coefficient (Wildman–Crippen LogP) is 4.59. The maximum atomic E-state index is 12.3. The second-order valence-electron chi connectivity index (χ2n) is 5.85. The highest BCUT2D eigenvalue weighted by Gasteiger charge is 2.08. The first-order chi connectivity index (χ1) is 12.7. The molecule has 0 aliphatic heterocycles. The van der Waals surface area contributed by atoms with Crippen molar-refractivity contribution in [3.63, 3.8) is 0 Å². The van der Waals surface area contributed by atoms with E-state index in [1.54, 1.807) is 12.1 Å². The van der Waals surface area contributed by atoms with Gasteiger partial charge in [-0.15, -0.1) is 0 Å². The second-order valence-corrected chi connectivity index (χ2v) is 5.85. The Morgan fingerprint density at radius 1 is 0.808 bits per heavy atom. The van der Waals surface area contributed by atoms with Crippen LogP contribution in [0.25, 0.3) is 0 Å². The molecule has 2 aromatic rings. The Hall–Kier alpha value is -2.88. The number of hydrogen-bond acceptors (Lipinski definition) is 4. The number of unbranched alkanes of at least 4 members (excludes halogenated alkanes) is 3. The summed E-state index contributed by atoms with van der Waals surface area (Å²) in [6.45, 7) is 4.41. The molecule has 2 aromatic carbocycles. The number of rotatable bonds is 11. The lowest BCUT2D eigenvalue weighted by molar-refractivity contribution is -0.137. The molecule has 0 N–H and O–H groups in total. The van der Waals surface area contributed by atoms with Crippen LogP contribution in [0, 0.1) is 0 Å². The number of benzene rings is 2. The van der Waals surface area contributed by atoms with Gasteiger partial charge in [0.2, 0.25) is 0 Å². The van der Waals surface area contributed by atoms with Crippen molar-refractivity contribution in [2.45, 2.75) is 25.7 Å². The predicted molar refractivity (Wildman–Crippen MR) is 101 cm³/mol. The zero-order valence-electron chi connectivity index (χ0n) is 14.9. The third-order valence-electron chi connectivity index (χ3n) is 3.87. The van der Waals surface area contributed by atoms with Gasteiger partial charge < -0.3 is 9.47 Å². The molecule has 0 bridgehead atoms. The SMILES string of the molecule is C=CC(=O)OCCCCCCOc1ccc(C(=O)c2ccccc2)cc1. The fourth-order valence-electron chi connectivity index (χ4n) is 2.44. The van der Waals surface area contributed by atoms with Gasteiger partial charge in [-0.25, -0.2) is 4.79 Å². The van der Waals surface area contributed by atoms with Gasteiger partial charge in [0.1, 0.15) is 5.75 Å². The molecule has 0 fully saturated rings. The van der Waals surface area contributed by atoms with E-state index in [0.717, 1.165) is 31.4 Å². The molecule has 26 heavy (non-hydrogen) atoms. The van der Waals surface area contributed by atoms with E-state index in [1.165, 1.54) is 6.08 Å². The van der Waals surface area contributed by atoms with E-state index in [9.17, 15) is 9.59 Å². The van der Waals surface area contributed by atoms with E-state index in [1.807, 2.05) is 42.5 Å². The summed E-state index contributed by atoms with van der Waals surface area (Å²) in [6, 6.07) is 16.5. The molecule has 2 rings (SSSR count). The van der Waals surface area contributed by atoms with Gasteiger partial charge in [-0.1, -0.05) is 36.9 Å². The normalized spacial score (nSPS) is 10.2. The molecule has 136 valence electrons. The van der Waals surface area contributed by atoms with Crippen LogP contribution in [0.15, 0.2) is 67.3 Å². The van der Waals surface area contributed by atoms with Crippen LogP contribution in [0.5, 0.6) is 5.75 Å². The first-order valence-electron chi connectivity index (χ1n) is 8.82. The fraction of sp³-hybridized carbons (Fsp3) is 0.273. The smallest absolute Gasteiger partial charge is 0.330 e. The fourth-order valence-corrected chi connectivity index (χ4v) is 2.44. The molecule has 4 heteroatoms. The highest BCUT2D eigenvalue weighted by molar-refractivity contribution is 6.08. The molecular weight excluding hydrogens is 328 g/mol. The molecule has 0 aromatic heterocycles. The summed E-state index contributed by atoms with van der Waals surface area (Å²) in [4.78, 5) is 23.2. The van der Waals surface area contributed by atoms with Crippen molar-refractivity contribution in [2.75, 3.05) is 13.2 Å². The summed E-state index contributed by atoms with van der Waals surface area (Å²) in [6.07, 6.45) is 4.94. The Labute approximate surface area is 154 Å². The van der Waals surface area contributed by atoms with Crippen molar-refractivity contribution in [1.82, 2.24) is 0 Å². The van der Waals surface area contributed by atoms with Gasteiger partial charge in [0.05, 0.1) is 13.2 Å². The maximum Gasteiger partial charge on any atom is 0.330 e. The summed E-state index contributed by atoms with van der Waals surface area (Å²) < 4.78 is 10.6. The van der Waals surface area contributed by atoms with E-state index < -0.39 is 0 Å². The lowest BCUT2D eigenvalue weighted by atomic mass is 10.0. The van der Waals surface area contributed by atoms with Crippen molar-refractivity contribution in [1.29, 1.82) is 0 Å². The monoisotopic (exact) mass is 352 g/mol. The van der Waals surface area contributed by atoms with Crippen LogP contribution in [0.4, 0.5) is 0 Å². The van der Waals surface area contributed by atoms with Gasteiger partial charge in [-0.3, -0.25) is 4.79 Å². The zero-order chi connectivity index (χ0) is 18.6. The molecule has 0 heterocycles. The van der Waals surface area contributed by atoms with Gasteiger partial charge in [-0.05, 0) is 49.9 Å². The molecule has 0 spiro atoms. The molecule has 0 saturated carbocycles. The quantitative estimate of drug-likeness (QED) is 0.257. The van der Waals surface area contributed by atoms with E-state index in [0.29, 0.717) is 24.3 Å². The molecule has 0 unspecified atom stereocenters. The maximum absolute atomic E-state index is 12.3. The van der Waals surface area contributed by atoms with Crippen molar-refractivity contribution < 1.29 is 19.1 Å². The standard InChI is InChI=1S/C22H24O4/c1-2-21(23)26-17-9-4-3-8-16-25-20-14-12-19(13-15-20)22(24)18-10-6-5-7-11-18/h2,5-7,10-15H,1,3-4,8-9,16-17H2. The second kappa shape index (κ2) is 10.9. The number of carbonyl (C=O) groups is 2. The highest BCUT2D eigenvalue weighted by Crippen LogP contribution is 2.16. The number of ketones is 1. The van der Waals surface area contributed by atoms with Crippen LogP contribution in [-0.4, -0.2) is 25.0 Å². The first-order valence-corrected chi connectivity index (χ1v) is 8.82. The summed E-state index contributed by atoms with van der Waals surface area (Å²) in [5.41, 5.74) is 1.33. The van der Waals surface area contributed by atoms with Gasteiger partial charge in [0.15, 0.2) is 5.78 Å². The van der Waals surface area contributed by atoms with Gasteiger partial charge in [0, 0.05) is 17.2 Å². The largest absolute Gasteiger partial charge is 0.494 e. The summed E-state index contributed by atoms with van der Waals surface area (Å²) in [5.74, 6) is 0.395. The zero-order valence-corrected chi connectivity index (χ0v) is 14.9. The molecule has 0 saturated heterocycles. The van der Waals surface area contributed by atoms with Gasteiger partial charge in [-0.2, -0.15) is 0 Å². The van der Waals surface area contributed by atoms with Crippen LogP contribution in [0.3, 0.4) is 0 Å². The van der Waals surface area contributed by atoms with Crippen molar-refractivity contribution in [3.05, 3.63) is 78.4 Å². The third-order valence-corrected chi connectivity index (χ3v) is 3.87. The molecule has 4 nitrogen and oxygen atoms in total. The van der Waals surface area contributed by atoms with Crippen molar-refractivity contribution in [2.24, 2.45) is 0 Å². The van der Waals surface area contributed by atoms with Crippen LogP contribution in [-0.2, 0) is 9.53 Å².